The monoisotopic (exact) mass is 333 g/mol. The van der Waals surface area contributed by atoms with Crippen molar-refractivity contribution in [2.45, 2.75) is 50.3 Å². The van der Waals surface area contributed by atoms with Gasteiger partial charge in [0.05, 0.1) is 18.7 Å². The van der Waals surface area contributed by atoms with Crippen LogP contribution in [-0.4, -0.2) is 46.0 Å². The lowest BCUT2D eigenvalue weighted by Crippen LogP contribution is -2.48. The molecule has 0 radical (unpaired) electrons. The molecule has 1 aliphatic heterocycles. The first-order chi connectivity index (χ1) is 11.4. The van der Waals surface area contributed by atoms with Crippen molar-refractivity contribution < 1.29 is 19.8 Å². The molecule has 0 aromatic heterocycles. The number of ether oxygens (including phenoxy) is 2. The van der Waals surface area contributed by atoms with Gasteiger partial charge in [0.2, 0.25) is 0 Å². The van der Waals surface area contributed by atoms with Crippen LogP contribution in [0.25, 0.3) is 0 Å². The van der Waals surface area contributed by atoms with E-state index in [4.69, 9.17) is 9.47 Å². The van der Waals surface area contributed by atoms with Crippen molar-refractivity contribution in [2.75, 3.05) is 6.61 Å². The molecule has 0 spiro atoms. The minimum absolute atomic E-state index is 0.181. The molecule has 2 rings (SSSR count). The lowest BCUT2D eigenvalue weighted by atomic mass is 9.98. The number of hydrogen-bond donors (Lipinski definition) is 2. The zero-order valence-electron chi connectivity index (χ0n) is 14.3. The van der Waals surface area contributed by atoms with Crippen LogP contribution in [0.1, 0.15) is 31.9 Å². The average Bonchev–Trinajstić information content (AvgIpc) is 2.88. The van der Waals surface area contributed by atoms with Gasteiger partial charge in [0.25, 0.3) is 0 Å². The molecule has 0 aliphatic carbocycles. The Kier molecular flexibility index (Phi) is 6.32. The summed E-state index contributed by atoms with van der Waals surface area (Å²) in [5, 5.41) is 21.7. The second-order valence-electron chi connectivity index (χ2n) is 6.38. The summed E-state index contributed by atoms with van der Waals surface area (Å²) in [7, 11) is 0. The van der Waals surface area contributed by atoms with Crippen molar-refractivity contribution in [3.8, 4) is 0 Å². The molecule has 5 nitrogen and oxygen atoms in total. The largest absolute Gasteiger partial charge is 0.394 e. The number of hydrogen-bond acceptors (Lipinski definition) is 5. The summed E-state index contributed by atoms with van der Waals surface area (Å²) in [6.45, 7) is 11.0. The van der Waals surface area contributed by atoms with Crippen molar-refractivity contribution in [2.24, 2.45) is 0 Å². The summed E-state index contributed by atoms with van der Waals surface area (Å²) in [5.74, 6) is -0.811. The van der Waals surface area contributed by atoms with Crippen molar-refractivity contribution in [3.05, 3.63) is 61.2 Å². The van der Waals surface area contributed by atoms with E-state index >= 15 is 0 Å². The second kappa shape index (κ2) is 8.05. The number of benzene rings is 1. The van der Waals surface area contributed by atoms with Gasteiger partial charge in [-0.1, -0.05) is 42.5 Å². The van der Waals surface area contributed by atoms with Gasteiger partial charge in [-0.25, -0.2) is 0 Å². The van der Waals surface area contributed by atoms with Crippen LogP contribution in [0.2, 0.25) is 0 Å². The van der Waals surface area contributed by atoms with Crippen LogP contribution in [0.15, 0.2) is 55.6 Å². The predicted octanol–water partition coefficient (Wildman–Crippen LogP) is 3.06. The molecule has 1 fully saturated rings. The van der Waals surface area contributed by atoms with E-state index in [1.165, 1.54) is 5.06 Å². The molecular formula is C19H27NO4. The van der Waals surface area contributed by atoms with E-state index in [1.807, 2.05) is 30.3 Å². The smallest absolute Gasteiger partial charge is 0.163 e. The Morgan fingerprint density at radius 2 is 1.92 bits per heavy atom. The maximum Gasteiger partial charge on any atom is 0.163 e. The topological polar surface area (TPSA) is 62.2 Å². The van der Waals surface area contributed by atoms with Gasteiger partial charge in [-0.3, -0.25) is 0 Å². The summed E-state index contributed by atoms with van der Waals surface area (Å²) in [6, 6.07) is 8.78. The zero-order valence-corrected chi connectivity index (χ0v) is 14.3. The molecule has 1 aliphatic rings. The van der Waals surface area contributed by atoms with Gasteiger partial charge in [-0.2, -0.15) is 5.06 Å². The maximum atomic E-state index is 10.9. The molecule has 132 valence electrons. The Morgan fingerprint density at radius 1 is 1.25 bits per heavy atom. The summed E-state index contributed by atoms with van der Waals surface area (Å²) in [6.07, 6.45) is 2.89. The Balaban J connectivity index is 2.28. The van der Waals surface area contributed by atoms with Crippen LogP contribution in [0.4, 0.5) is 0 Å². The standard InChI is InChI=1S/C19H27NO4/c1-5-10-16(18-17(13-21)23-19(3,4)24-18)20(22)15(6-2)14-11-8-7-9-12-14/h5-9,11-12,15-18,21-22H,1-2,10,13H2,3-4H3/t15?,16-,17+,18-/m0/s1. The minimum Gasteiger partial charge on any atom is -0.394 e. The summed E-state index contributed by atoms with van der Waals surface area (Å²) >= 11 is 0. The van der Waals surface area contributed by atoms with Crippen LogP contribution >= 0.6 is 0 Å². The van der Waals surface area contributed by atoms with Gasteiger partial charge in [0, 0.05) is 0 Å². The summed E-state index contributed by atoms with van der Waals surface area (Å²) in [4.78, 5) is 0. The maximum absolute atomic E-state index is 10.9. The Labute approximate surface area is 143 Å². The van der Waals surface area contributed by atoms with Gasteiger partial charge >= 0.3 is 0 Å². The van der Waals surface area contributed by atoms with Gasteiger partial charge in [0.1, 0.15) is 12.2 Å². The fraction of sp³-hybridized carbons (Fsp3) is 0.474. The van der Waals surface area contributed by atoms with E-state index < -0.39 is 30.1 Å². The van der Waals surface area contributed by atoms with Crippen molar-refractivity contribution in [3.63, 3.8) is 0 Å². The molecule has 0 amide bonds. The van der Waals surface area contributed by atoms with Gasteiger partial charge < -0.3 is 19.8 Å². The van der Waals surface area contributed by atoms with Gasteiger partial charge in [-0.05, 0) is 25.8 Å². The lowest BCUT2D eigenvalue weighted by molar-refractivity contribution is -0.196. The van der Waals surface area contributed by atoms with Crippen LogP contribution in [-0.2, 0) is 9.47 Å². The van der Waals surface area contributed by atoms with Crippen LogP contribution in [0.3, 0.4) is 0 Å². The van der Waals surface area contributed by atoms with E-state index in [0.717, 1.165) is 5.56 Å². The molecule has 1 aromatic carbocycles. The highest BCUT2D eigenvalue weighted by Gasteiger charge is 2.47. The molecule has 5 heteroatoms. The van der Waals surface area contributed by atoms with Gasteiger partial charge in [-0.15, -0.1) is 13.2 Å². The molecular weight excluding hydrogens is 306 g/mol. The number of rotatable bonds is 8. The first-order valence-corrected chi connectivity index (χ1v) is 8.15. The normalized spacial score (nSPS) is 25.4. The molecule has 1 aromatic rings. The molecule has 1 unspecified atom stereocenters. The molecule has 4 atom stereocenters. The third kappa shape index (κ3) is 4.12. The van der Waals surface area contributed by atoms with E-state index in [2.05, 4.69) is 13.2 Å². The first-order valence-electron chi connectivity index (χ1n) is 8.15. The second-order valence-corrected chi connectivity index (χ2v) is 6.38. The third-order valence-electron chi connectivity index (χ3n) is 4.18. The Morgan fingerprint density at radius 3 is 2.46 bits per heavy atom. The van der Waals surface area contributed by atoms with E-state index in [9.17, 15) is 10.3 Å². The van der Waals surface area contributed by atoms with E-state index in [0.29, 0.717) is 6.42 Å². The van der Waals surface area contributed by atoms with Crippen molar-refractivity contribution in [1.82, 2.24) is 5.06 Å². The molecule has 0 bridgehead atoms. The quantitative estimate of drug-likeness (QED) is 0.565. The highest BCUT2D eigenvalue weighted by Crippen LogP contribution is 2.35. The molecule has 1 saturated heterocycles. The number of aliphatic hydroxyl groups excluding tert-OH is 1. The molecule has 24 heavy (non-hydrogen) atoms. The van der Waals surface area contributed by atoms with Crippen molar-refractivity contribution in [1.29, 1.82) is 0 Å². The van der Waals surface area contributed by atoms with Crippen molar-refractivity contribution >= 4 is 0 Å². The SMILES string of the molecule is C=CC[C@@H]([C@@H]1OC(C)(C)O[C@@H]1CO)N(O)C(C=C)c1ccccc1. The van der Waals surface area contributed by atoms with Crippen LogP contribution < -0.4 is 0 Å². The number of hydroxylamine groups is 2. The number of aliphatic hydroxyl groups is 1. The van der Waals surface area contributed by atoms with E-state index in [-0.39, 0.29) is 6.61 Å². The summed E-state index contributed by atoms with van der Waals surface area (Å²) < 4.78 is 11.7. The Hall–Kier alpha value is -1.50. The minimum atomic E-state index is -0.811. The predicted molar refractivity (Wildman–Crippen MR) is 92.5 cm³/mol. The number of nitrogens with zero attached hydrogens (tertiary/aromatic N) is 1. The average molecular weight is 333 g/mol. The highest BCUT2D eigenvalue weighted by molar-refractivity contribution is 5.22. The zero-order chi connectivity index (χ0) is 17.7. The molecule has 1 heterocycles. The van der Waals surface area contributed by atoms with Gasteiger partial charge in [0.15, 0.2) is 5.79 Å². The highest BCUT2D eigenvalue weighted by atomic mass is 16.8. The lowest BCUT2D eigenvalue weighted by Gasteiger charge is -2.35. The van der Waals surface area contributed by atoms with Crippen LogP contribution in [0, 0.1) is 0 Å². The third-order valence-corrected chi connectivity index (χ3v) is 4.18. The first kappa shape index (κ1) is 18.8. The molecule has 2 N–H and O–H groups in total. The van der Waals surface area contributed by atoms with Crippen LogP contribution in [0.5, 0.6) is 0 Å². The summed E-state index contributed by atoms with van der Waals surface area (Å²) in [5.41, 5.74) is 0.919. The fourth-order valence-corrected chi connectivity index (χ4v) is 3.15. The fourth-order valence-electron chi connectivity index (χ4n) is 3.15. The molecule has 0 saturated carbocycles. The van der Waals surface area contributed by atoms with E-state index in [1.54, 1.807) is 26.0 Å². The Bertz CT molecular complexity index is 546.